The van der Waals surface area contributed by atoms with Gasteiger partial charge in [0, 0.05) is 12.6 Å². The summed E-state index contributed by atoms with van der Waals surface area (Å²) in [5, 5.41) is 20.6. The fourth-order valence-electron chi connectivity index (χ4n) is 1.41. The first kappa shape index (κ1) is 14.0. The van der Waals surface area contributed by atoms with Crippen molar-refractivity contribution < 1.29 is 24.2 Å². The Morgan fingerprint density at radius 2 is 2.11 bits per heavy atom. The Morgan fingerprint density at radius 3 is 2.61 bits per heavy atom. The fourth-order valence-corrected chi connectivity index (χ4v) is 1.41. The molecule has 1 rings (SSSR count). The number of hydrogen-bond acceptors (Lipinski definition) is 3. The van der Waals surface area contributed by atoms with Crippen molar-refractivity contribution in [2.75, 3.05) is 6.54 Å². The third-order valence-corrected chi connectivity index (χ3v) is 2.56. The van der Waals surface area contributed by atoms with Crippen molar-refractivity contribution >= 4 is 11.9 Å². The fraction of sp³-hybridized carbons (Fsp3) is 0.333. The number of aromatic hydroxyl groups is 1. The summed E-state index contributed by atoms with van der Waals surface area (Å²) in [5.74, 6) is -3.44. The molecular weight excluding hydrogens is 241 g/mol. The Hall–Kier alpha value is -2.11. The molecule has 0 fully saturated rings. The molecule has 0 spiro atoms. The molecule has 0 bridgehead atoms. The van der Waals surface area contributed by atoms with Crippen LogP contribution in [0.3, 0.4) is 0 Å². The first-order valence-electron chi connectivity index (χ1n) is 5.45. The highest BCUT2D eigenvalue weighted by atomic mass is 19.1. The lowest BCUT2D eigenvalue weighted by atomic mass is 10.1. The monoisotopic (exact) mass is 255 g/mol. The van der Waals surface area contributed by atoms with Gasteiger partial charge in [0.15, 0.2) is 0 Å². The average Bonchev–Trinajstić information content (AvgIpc) is 2.28. The molecule has 18 heavy (non-hydrogen) atoms. The molecule has 6 heteroatoms. The van der Waals surface area contributed by atoms with E-state index in [0.29, 0.717) is 6.42 Å². The molecule has 0 aromatic heterocycles. The first-order chi connectivity index (χ1) is 8.45. The summed E-state index contributed by atoms with van der Waals surface area (Å²) >= 11 is 0. The number of carbonyl (C=O) groups is 2. The summed E-state index contributed by atoms with van der Waals surface area (Å²) in [6.45, 7) is 1.65. The van der Waals surface area contributed by atoms with Crippen LogP contribution < -0.4 is 5.32 Å². The molecule has 0 saturated heterocycles. The van der Waals surface area contributed by atoms with Crippen LogP contribution >= 0.6 is 0 Å². The van der Waals surface area contributed by atoms with Crippen molar-refractivity contribution in [3.63, 3.8) is 0 Å². The van der Waals surface area contributed by atoms with Crippen molar-refractivity contribution in [3.05, 3.63) is 29.6 Å². The number of carboxylic acids is 1. The molecule has 98 valence electrons. The quantitative estimate of drug-likeness (QED) is 0.741. The maximum atomic E-state index is 12.7. The highest BCUT2D eigenvalue weighted by Crippen LogP contribution is 2.17. The van der Waals surface area contributed by atoms with Gasteiger partial charge >= 0.3 is 5.97 Å². The van der Waals surface area contributed by atoms with Gasteiger partial charge in [-0.2, -0.15) is 0 Å². The Kier molecular flexibility index (Phi) is 4.65. The van der Waals surface area contributed by atoms with E-state index in [0.717, 1.165) is 18.2 Å². The van der Waals surface area contributed by atoms with Crippen molar-refractivity contribution in [3.8, 4) is 5.75 Å². The Balaban J connectivity index is 2.68. The molecule has 0 aliphatic rings. The number of phenols is 1. The molecular formula is C12H14FNO4. The molecule has 0 aliphatic carbocycles. The van der Waals surface area contributed by atoms with E-state index in [1.807, 2.05) is 0 Å². The lowest BCUT2D eigenvalue weighted by Gasteiger charge is -2.11. The minimum Gasteiger partial charge on any atom is -0.507 e. The van der Waals surface area contributed by atoms with E-state index in [2.05, 4.69) is 5.32 Å². The van der Waals surface area contributed by atoms with E-state index in [4.69, 9.17) is 5.11 Å². The van der Waals surface area contributed by atoms with Crippen LogP contribution in [0.5, 0.6) is 5.75 Å². The van der Waals surface area contributed by atoms with Gasteiger partial charge < -0.3 is 15.5 Å². The maximum Gasteiger partial charge on any atom is 0.308 e. The number of amides is 1. The number of halogens is 1. The molecule has 1 aromatic rings. The number of carboxylic acid groups (broad SMARTS) is 1. The molecule has 1 aromatic carbocycles. The first-order valence-corrected chi connectivity index (χ1v) is 5.45. The summed E-state index contributed by atoms with van der Waals surface area (Å²) in [6, 6.07) is 3.01. The highest BCUT2D eigenvalue weighted by Gasteiger charge is 2.18. The van der Waals surface area contributed by atoms with E-state index < -0.39 is 29.4 Å². The summed E-state index contributed by atoms with van der Waals surface area (Å²) in [4.78, 5) is 22.4. The third-order valence-electron chi connectivity index (χ3n) is 2.56. The number of benzene rings is 1. The normalized spacial score (nSPS) is 11.9. The number of nitrogens with one attached hydrogen (secondary N) is 1. The van der Waals surface area contributed by atoms with Gasteiger partial charge in [0.1, 0.15) is 11.6 Å². The zero-order chi connectivity index (χ0) is 13.7. The zero-order valence-electron chi connectivity index (χ0n) is 9.81. The van der Waals surface area contributed by atoms with E-state index >= 15 is 0 Å². The molecule has 0 aliphatic heterocycles. The van der Waals surface area contributed by atoms with E-state index in [1.165, 1.54) is 0 Å². The molecule has 1 amide bonds. The van der Waals surface area contributed by atoms with Crippen molar-refractivity contribution in [2.24, 2.45) is 5.92 Å². The minimum atomic E-state index is -0.999. The van der Waals surface area contributed by atoms with Crippen molar-refractivity contribution in [2.45, 2.75) is 13.3 Å². The number of carbonyl (C=O) groups excluding carboxylic acids is 1. The maximum absolute atomic E-state index is 12.7. The van der Waals surface area contributed by atoms with Crippen LogP contribution in [0, 0.1) is 11.7 Å². The van der Waals surface area contributed by atoms with Crippen LogP contribution in [0.4, 0.5) is 4.39 Å². The van der Waals surface area contributed by atoms with Crippen LogP contribution in [-0.4, -0.2) is 28.6 Å². The van der Waals surface area contributed by atoms with Crippen LogP contribution in [0.15, 0.2) is 18.2 Å². The Bertz CT molecular complexity index is 461. The van der Waals surface area contributed by atoms with Gasteiger partial charge in [0.05, 0.1) is 11.5 Å². The van der Waals surface area contributed by atoms with E-state index in [-0.39, 0.29) is 12.1 Å². The number of hydrogen-bond donors (Lipinski definition) is 3. The predicted octanol–water partition coefficient (Wildman–Crippen LogP) is 1.37. The molecule has 1 atom stereocenters. The van der Waals surface area contributed by atoms with Crippen molar-refractivity contribution in [1.29, 1.82) is 0 Å². The zero-order valence-corrected chi connectivity index (χ0v) is 9.81. The van der Waals surface area contributed by atoms with Crippen molar-refractivity contribution in [1.82, 2.24) is 5.32 Å². The third kappa shape index (κ3) is 3.44. The van der Waals surface area contributed by atoms with Gasteiger partial charge in [-0.25, -0.2) is 4.39 Å². The van der Waals surface area contributed by atoms with Crippen LogP contribution in [0.2, 0.25) is 0 Å². The lowest BCUT2D eigenvalue weighted by Crippen LogP contribution is -2.32. The van der Waals surface area contributed by atoms with Gasteiger partial charge in [-0.1, -0.05) is 6.92 Å². The lowest BCUT2D eigenvalue weighted by molar-refractivity contribution is -0.141. The van der Waals surface area contributed by atoms with Gasteiger partial charge in [-0.05, 0) is 18.6 Å². The second kappa shape index (κ2) is 6.00. The smallest absolute Gasteiger partial charge is 0.308 e. The SMILES string of the molecule is CCC(CNC(=O)c1ccc(F)cc1O)C(=O)O. The summed E-state index contributed by atoms with van der Waals surface area (Å²) in [7, 11) is 0. The summed E-state index contributed by atoms with van der Waals surface area (Å²) in [6.07, 6.45) is 0.380. The number of rotatable bonds is 5. The second-order valence-electron chi connectivity index (χ2n) is 3.81. The molecule has 0 saturated carbocycles. The van der Waals surface area contributed by atoms with Crippen LogP contribution in [0.1, 0.15) is 23.7 Å². The number of aliphatic carboxylic acids is 1. The molecule has 5 nitrogen and oxygen atoms in total. The molecule has 0 radical (unpaired) electrons. The van der Waals surface area contributed by atoms with E-state index in [1.54, 1.807) is 6.92 Å². The predicted molar refractivity (Wildman–Crippen MR) is 61.8 cm³/mol. The summed E-state index contributed by atoms with van der Waals surface area (Å²) < 4.78 is 12.7. The van der Waals surface area contributed by atoms with Crippen LogP contribution in [-0.2, 0) is 4.79 Å². The minimum absolute atomic E-state index is 0.0402. The molecule has 3 N–H and O–H groups in total. The standard InChI is InChI=1S/C12H14FNO4/c1-2-7(12(17)18)6-14-11(16)9-4-3-8(13)5-10(9)15/h3-5,7,15H,2,6H2,1H3,(H,14,16)(H,17,18). The highest BCUT2D eigenvalue weighted by molar-refractivity contribution is 5.96. The number of phenolic OH excluding ortho intramolecular Hbond substituents is 1. The Morgan fingerprint density at radius 1 is 1.44 bits per heavy atom. The molecule has 0 heterocycles. The Labute approximate surface area is 103 Å². The van der Waals surface area contributed by atoms with Gasteiger partial charge in [0.2, 0.25) is 0 Å². The summed E-state index contributed by atoms with van der Waals surface area (Å²) in [5.41, 5.74) is -0.0864. The largest absolute Gasteiger partial charge is 0.507 e. The van der Waals surface area contributed by atoms with E-state index in [9.17, 15) is 19.1 Å². The molecule has 1 unspecified atom stereocenters. The van der Waals surface area contributed by atoms with Gasteiger partial charge in [-0.3, -0.25) is 9.59 Å². The second-order valence-corrected chi connectivity index (χ2v) is 3.81. The van der Waals surface area contributed by atoms with Gasteiger partial charge in [-0.15, -0.1) is 0 Å². The topological polar surface area (TPSA) is 86.6 Å². The van der Waals surface area contributed by atoms with Crippen LogP contribution in [0.25, 0.3) is 0 Å². The van der Waals surface area contributed by atoms with Gasteiger partial charge in [0.25, 0.3) is 5.91 Å². The average molecular weight is 255 g/mol.